The summed E-state index contributed by atoms with van der Waals surface area (Å²) in [7, 11) is 1.91. The van der Waals surface area contributed by atoms with E-state index in [0.29, 0.717) is 31.4 Å². The van der Waals surface area contributed by atoms with E-state index in [2.05, 4.69) is 15.2 Å². The number of carbonyl (C=O) groups is 1. The quantitative estimate of drug-likeness (QED) is 0.686. The first kappa shape index (κ1) is 17.7. The normalized spacial score (nSPS) is 15.6. The molecule has 0 N–H and O–H groups in total. The van der Waals surface area contributed by atoms with Gasteiger partial charge in [0.1, 0.15) is 6.61 Å². The van der Waals surface area contributed by atoms with Gasteiger partial charge in [0, 0.05) is 43.6 Å². The number of piperidine rings is 1. The van der Waals surface area contributed by atoms with Crippen molar-refractivity contribution in [1.29, 1.82) is 0 Å². The Kier molecular flexibility index (Phi) is 4.89. The number of aromatic nitrogens is 4. The molecule has 142 valence electrons. The van der Waals surface area contributed by atoms with Gasteiger partial charge >= 0.3 is 0 Å². The average molecular weight is 369 g/mol. The molecule has 4 rings (SSSR count). The van der Waals surface area contributed by atoms with E-state index in [4.69, 9.17) is 9.26 Å². The highest BCUT2D eigenvalue weighted by atomic mass is 16.5. The average Bonchev–Trinajstić information content (AvgIpc) is 3.33. The lowest BCUT2D eigenvalue weighted by Crippen LogP contribution is -2.40. The number of aryl methyl sites for hydroxylation is 1. The van der Waals surface area contributed by atoms with Crippen molar-refractivity contribution in [2.45, 2.75) is 25.7 Å². The van der Waals surface area contributed by atoms with E-state index in [1.165, 1.54) is 0 Å². The third kappa shape index (κ3) is 3.57. The minimum Gasteiger partial charge on any atom is -0.372 e. The lowest BCUT2D eigenvalue weighted by Gasteiger charge is -2.30. The van der Waals surface area contributed by atoms with Crippen LogP contribution in [0.4, 0.5) is 0 Å². The molecule has 0 unspecified atom stereocenters. The van der Waals surface area contributed by atoms with Crippen molar-refractivity contribution >= 4 is 16.8 Å². The van der Waals surface area contributed by atoms with Gasteiger partial charge in [0.05, 0.1) is 11.7 Å². The number of ether oxygens (including phenoxy) is 1. The molecule has 3 heterocycles. The van der Waals surface area contributed by atoms with Crippen LogP contribution in [0, 0.1) is 0 Å². The van der Waals surface area contributed by atoms with Gasteiger partial charge in [-0.2, -0.15) is 10.1 Å². The maximum absolute atomic E-state index is 12.0. The minimum atomic E-state index is 0.0472. The predicted octanol–water partition coefficient (Wildman–Crippen LogP) is 2.37. The molecule has 0 bridgehead atoms. The van der Waals surface area contributed by atoms with Gasteiger partial charge in [-0.25, -0.2) is 0 Å². The predicted molar refractivity (Wildman–Crippen MR) is 99.1 cm³/mol. The second-order valence-electron chi connectivity index (χ2n) is 6.79. The van der Waals surface area contributed by atoms with Crippen molar-refractivity contribution in [2.75, 3.05) is 26.3 Å². The third-order valence-corrected chi connectivity index (χ3v) is 5.08. The standard InChI is InChI=1S/C19H23N5O3/c1-3-26-12-17(25)24-8-6-13(7-9-24)19-21-18(22-27-19)14-4-5-15-11-20-23(2)16(15)10-14/h4-5,10-11,13H,3,6-9,12H2,1-2H3. The van der Waals surface area contributed by atoms with Crippen molar-refractivity contribution in [2.24, 2.45) is 7.05 Å². The highest BCUT2D eigenvalue weighted by Crippen LogP contribution is 2.29. The van der Waals surface area contributed by atoms with E-state index in [1.54, 1.807) is 0 Å². The summed E-state index contributed by atoms with van der Waals surface area (Å²) in [5.74, 6) is 1.46. The number of hydrogen-bond donors (Lipinski definition) is 0. The molecule has 1 aliphatic rings. The molecule has 1 aromatic carbocycles. The molecule has 3 aromatic rings. The molecule has 0 spiro atoms. The molecule has 2 aromatic heterocycles. The van der Waals surface area contributed by atoms with Crippen LogP contribution in [0.5, 0.6) is 0 Å². The molecular weight excluding hydrogens is 346 g/mol. The number of benzene rings is 1. The number of nitrogens with zero attached hydrogens (tertiary/aromatic N) is 5. The molecule has 0 aliphatic carbocycles. The molecule has 1 saturated heterocycles. The fraction of sp³-hybridized carbons (Fsp3) is 0.474. The van der Waals surface area contributed by atoms with Crippen LogP contribution < -0.4 is 0 Å². The first-order valence-corrected chi connectivity index (χ1v) is 9.27. The summed E-state index contributed by atoms with van der Waals surface area (Å²) in [4.78, 5) is 18.5. The number of amides is 1. The fourth-order valence-electron chi connectivity index (χ4n) is 3.46. The van der Waals surface area contributed by atoms with Gasteiger partial charge in [-0.3, -0.25) is 9.48 Å². The van der Waals surface area contributed by atoms with Gasteiger partial charge in [0.2, 0.25) is 17.6 Å². The first-order chi connectivity index (χ1) is 13.2. The van der Waals surface area contributed by atoms with Gasteiger partial charge in [-0.05, 0) is 25.8 Å². The molecule has 0 radical (unpaired) electrons. The lowest BCUT2D eigenvalue weighted by atomic mass is 9.97. The van der Waals surface area contributed by atoms with Crippen molar-refractivity contribution in [1.82, 2.24) is 24.8 Å². The van der Waals surface area contributed by atoms with Crippen LogP contribution in [0.1, 0.15) is 31.6 Å². The van der Waals surface area contributed by atoms with Crippen LogP contribution in [-0.4, -0.2) is 57.0 Å². The molecule has 0 saturated carbocycles. The molecule has 8 nitrogen and oxygen atoms in total. The van der Waals surface area contributed by atoms with Crippen molar-refractivity contribution in [3.05, 3.63) is 30.3 Å². The fourth-order valence-corrected chi connectivity index (χ4v) is 3.46. The van der Waals surface area contributed by atoms with E-state index in [9.17, 15) is 4.79 Å². The Hall–Kier alpha value is -2.74. The van der Waals surface area contributed by atoms with Crippen molar-refractivity contribution < 1.29 is 14.1 Å². The second-order valence-corrected chi connectivity index (χ2v) is 6.79. The van der Waals surface area contributed by atoms with Crippen LogP contribution in [0.25, 0.3) is 22.3 Å². The maximum atomic E-state index is 12.0. The Morgan fingerprint density at radius 2 is 2.15 bits per heavy atom. The maximum Gasteiger partial charge on any atom is 0.248 e. The number of rotatable bonds is 5. The largest absolute Gasteiger partial charge is 0.372 e. The van der Waals surface area contributed by atoms with Crippen molar-refractivity contribution in [3.8, 4) is 11.4 Å². The smallest absolute Gasteiger partial charge is 0.248 e. The Balaban J connectivity index is 1.43. The number of likely N-dealkylation sites (tertiary alicyclic amines) is 1. The van der Waals surface area contributed by atoms with E-state index < -0.39 is 0 Å². The molecule has 1 aliphatic heterocycles. The topological polar surface area (TPSA) is 86.3 Å². The van der Waals surface area contributed by atoms with E-state index in [-0.39, 0.29) is 18.4 Å². The molecule has 0 atom stereocenters. The van der Waals surface area contributed by atoms with Gasteiger partial charge in [0.15, 0.2) is 0 Å². The highest BCUT2D eigenvalue weighted by Gasteiger charge is 2.27. The Morgan fingerprint density at radius 1 is 1.33 bits per heavy atom. The minimum absolute atomic E-state index is 0.0472. The zero-order chi connectivity index (χ0) is 18.8. The molecule has 1 fully saturated rings. The van der Waals surface area contributed by atoms with Crippen molar-refractivity contribution in [3.63, 3.8) is 0 Å². The first-order valence-electron chi connectivity index (χ1n) is 9.27. The summed E-state index contributed by atoms with van der Waals surface area (Å²) < 4.78 is 12.6. The van der Waals surface area contributed by atoms with Gasteiger partial charge in [-0.1, -0.05) is 17.3 Å². The molecule has 8 heteroatoms. The summed E-state index contributed by atoms with van der Waals surface area (Å²) in [6.45, 7) is 3.98. The molecule has 27 heavy (non-hydrogen) atoms. The summed E-state index contributed by atoms with van der Waals surface area (Å²) in [5, 5.41) is 9.50. The number of carbonyl (C=O) groups excluding carboxylic acids is 1. The zero-order valence-corrected chi connectivity index (χ0v) is 15.6. The molecular formula is C19H23N5O3. The Bertz CT molecular complexity index is 940. The zero-order valence-electron chi connectivity index (χ0n) is 15.6. The van der Waals surface area contributed by atoms with Gasteiger partial charge < -0.3 is 14.2 Å². The number of fused-ring (bicyclic) bond motifs is 1. The number of hydrogen-bond acceptors (Lipinski definition) is 6. The van der Waals surface area contributed by atoms with E-state index in [0.717, 1.165) is 29.3 Å². The highest BCUT2D eigenvalue weighted by molar-refractivity contribution is 5.83. The van der Waals surface area contributed by atoms with E-state index in [1.807, 2.05) is 47.9 Å². The summed E-state index contributed by atoms with van der Waals surface area (Å²) >= 11 is 0. The van der Waals surface area contributed by atoms with Crippen LogP contribution in [-0.2, 0) is 16.6 Å². The Labute approximate surface area is 157 Å². The monoisotopic (exact) mass is 369 g/mol. The molecule has 1 amide bonds. The Morgan fingerprint density at radius 3 is 2.93 bits per heavy atom. The van der Waals surface area contributed by atoms with Crippen LogP contribution in [0.15, 0.2) is 28.9 Å². The van der Waals surface area contributed by atoms with Crippen LogP contribution >= 0.6 is 0 Å². The van der Waals surface area contributed by atoms with Gasteiger partial charge in [-0.15, -0.1) is 0 Å². The SMILES string of the molecule is CCOCC(=O)N1CCC(c2nc(-c3ccc4cnn(C)c4c3)no2)CC1. The van der Waals surface area contributed by atoms with Gasteiger partial charge in [0.25, 0.3) is 0 Å². The van der Waals surface area contributed by atoms with E-state index >= 15 is 0 Å². The lowest BCUT2D eigenvalue weighted by molar-refractivity contribution is -0.137. The van der Waals surface area contributed by atoms with Crippen LogP contribution in [0.2, 0.25) is 0 Å². The summed E-state index contributed by atoms with van der Waals surface area (Å²) in [5.41, 5.74) is 1.94. The second kappa shape index (κ2) is 7.48. The summed E-state index contributed by atoms with van der Waals surface area (Å²) in [6.07, 6.45) is 3.47. The van der Waals surface area contributed by atoms with Crippen LogP contribution in [0.3, 0.4) is 0 Å². The summed E-state index contributed by atoms with van der Waals surface area (Å²) in [6, 6.07) is 6.01. The third-order valence-electron chi connectivity index (χ3n) is 5.08.